The molecule has 27 heavy (non-hydrogen) atoms. The standard InChI is InChI=1S/C22H18FNO3/c23-18-7-4-15(5-8-18)14-27-20-3-1-2-19(13-20)24-22(25)17-6-9-21-16(12-17)10-11-26-21/h1-9,12-13H,10-11,14H2,(H,24,25). The van der Waals surface area contributed by atoms with Crippen LogP contribution < -0.4 is 14.8 Å². The van der Waals surface area contributed by atoms with Gasteiger partial charge in [-0.15, -0.1) is 0 Å². The highest BCUT2D eigenvalue weighted by atomic mass is 19.1. The number of hydrogen-bond acceptors (Lipinski definition) is 3. The number of carbonyl (C=O) groups excluding carboxylic acids is 1. The van der Waals surface area contributed by atoms with Crippen molar-refractivity contribution >= 4 is 11.6 Å². The van der Waals surface area contributed by atoms with Crippen LogP contribution >= 0.6 is 0 Å². The van der Waals surface area contributed by atoms with E-state index in [0.717, 1.165) is 23.3 Å². The van der Waals surface area contributed by atoms with Gasteiger partial charge in [0, 0.05) is 23.7 Å². The van der Waals surface area contributed by atoms with E-state index < -0.39 is 0 Å². The van der Waals surface area contributed by atoms with Gasteiger partial charge in [-0.3, -0.25) is 4.79 Å². The van der Waals surface area contributed by atoms with Crippen molar-refractivity contribution in [3.63, 3.8) is 0 Å². The van der Waals surface area contributed by atoms with Gasteiger partial charge < -0.3 is 14.8 Å². The molecule has 1 aliphatic rings. The second-order valence-corrected chi connectivity index (χ2v) is 6.32. The highest BCUT2D eigenvalue weighted by Crippen LogP contribution is 2.26. The average Bonchev–Trinajstić information content (AvgIpc) is 3.16. The first-order valence-corrected chi connectivity index (χ1v) is 8.72. The van der Waals surface area contributed by atoms with Gasteiger partial charge in [-0.25, -0.2) is 4.39 Å². The lowest BCUT2D eigenvalue weighted by atomic mass is 10.1. The van der Waals surface area contributed by atoms with Crippen LogP contribution in [0.5, 0.6) is 11.5 Å². The summed E-state index contributed by atoms with van der Waals surface area (Å²) >= 11 is 0. The molecule has 0 fully saturated rings. The number of carbonyl (C=O) groups is 1. The third-order valence-corrected chi connectivity index (χ3v) is 4.36. The topological polar surface area (TPSA) is 47.6 Å². The largest absolute Gasteiger partial charge is 0.493 e. The van der Waals surface area contributed by atoms with E-state index in [2.05, 4.69) is 5.32 Å². The predicted molar refractivity (Wildman–Crippen MR) is 101 cm³/mol. The van der Waals surface area contributed by atoms with Gasteiger partial charge in [0.15, 0.2) is 0 Å². The Kier molecular flexibility index (Phi) is 4.75. The van der Waals surface area contributed by atoms with E-state index in [-0.39, 0.29) is 11.7 Å². The predicted octanol–water partition coefficient (Wildman–Crippen LogP) is 4.59. The molecule has 0 radical (unpaired) electrons. The molecule has 3 aromatic rings. The molecule has 4 nitrogen and oxygen atoms in total. The summed E-state index contributed by atoms with van der Waals surface area (Å²) in [5, 5.41) is 2.89. The van der Waals surface area contributed by atoms with Gasteiger partial charge in [0.05, 0.1) is 6.61 Å². The summed E-state index contributed by atoms with van der Waals surface area (Å²) < 4.78 is 24.1. The van der Waals surface area contributed by atoms with Crippen LogP contribution in [0, 0.1) is 5.82 Å². The molecule has 0 atom stereocenters. The highest BCUT2D eigenvalue weighted by Gasteiger charge is 2.15. The Bertz CT molecular complexity index is 970. The fourth-order valence-electron chi connectivity index (χ4n) is 2.94. The molecule has 5 heteroatoms. The van der Waals surface area contributed by atoms with Crippen molar-refractivity contribution in [1.82, 2.24) is 0 Å². The molecule has 0 aliphatic carbocycles. The van der Waals surface area contributed by atoms with Crippen LogP contribution in [0.15, 0.2) is 66.7 Å². The zero-order valence-electron chi connectivity index (χ0n) is 14.6. The van der Waals surface area contributed by atoms with Crippen molar-refractivity contribution < 1.29 is 18.7 Å². The SMILES string of the molecule is O=C(Nc1cccc(OCc2ccc(F)cc2)c1)c1ccc2c(c1)CCO2. The molecule has 1 N–H and O–H groups in total. The third-order valence-electron chi connectivity index (χ3n) is 4.36. The lowest BCUT2D eigenvalue weighted by Gasteiger charge is -2.10. The summed E-state index contributed by atoms with van der Waals surface area (Å²) in [5.74, 6) is 1.02. The monoisotopic (exact) mass is 363 g/mol. The summed E-state index contributed by atoms with van der Waals surface area (Å²) in [6.07, 6.45) is 0.823. The van der Waals surface area contributed by atoms with Crippen molar-refractivity contribution in [2.75, 3.05) is 11.9 Å². The molecule has 0 saturated heterocycles. The van der Waals surface area contributed by atoms with Gasteiger partial charge in [0.25, 0.3) is 5.91 Å². The fourth-order valence-corrected chi connectivity index (χ4v) is 2.94. The normalized spacial score (nSPS) is 12.2. The number of rotatable bonds is 5. The van der Waals surface area contributed by atoms with Crippen molar-refractivity contribution in [1.29, 1.82) is 0 Å². The third kappa shape index (κ3) is 4.08. The Morgan fingerprint density at radius 1 is 1.07 bits per heavy atom. The maximum atomic E-state index is 12.9. The molecule has 0 saturated carbocycles. The minimum absolute atomic E-state index is 0.180. The van der Waals surface area contributed by atoms with E-state index in [1.807, 2.05) is 24.3 Å². The van der Waals surface area contributed by atoms with Gasteiger partial charge in [-0.2, -0.15) is 0 Å². The number of ether oxygens (including phenoxy) is 2. The molecule has 0 spiro atoms. The molecule has 0 unspecified atom stereocenters. The summed E-state index contributed by atoms with van der Waals surface area (Å²) in [4.78, 5) is 12.5. The van der Waals surface area contributed by atoms with Crippen molar-refractivity contribution in [3.05, 3.63) is 89.2 Å². The second-order valence-electron chi connectivity index (χ2n) is 6.32. The number of hydrogen-bond donors (Lipinski definition) is 1. The van der Waals surface area contributed by atoms with Gasteiger partial charge >= 0.3 is 0 Å². The Hall–Kier alpha value is -3.34. The van der Waals surface area contributed by atoms with Gasteiger partial charge in [-0.1, -0.05) is 18.2 Å². The van der Waals surface area contributed by atoms with Crippen LogP contribution in [0.25, 0.3) is 0 Å². The van der Waals surface area contributed by atoms with Crippen LogP contribution in [0.2, 0.25) is 0 Å². The highest BCUT2D eigenvalue weighted by molar-refractivity contribution is 6.04. The lowest BCUT2D eigenvalue weighted by Crippen LogP contribution is -2.12. The maximum Gasteiger partial charge on any atom is 0.255 e. The molecule has 136 valence electrons. The number of benzene rings is 3. The van der Waals surface area contributed by atoms with Crippen LogP contribution in [-0.4, -0.2) is 12.5 Å². The van der Waals surface area contributed by atoms with Gasteiger partial charge in [-0.05, 0) is 53.6 Å². The van der Waals surface area contributed by atoms with Crippen LogP contribution in [0.1, 0.15) is 21.5 Å². The first-order chi connectivity index (χ1) is 13.2. The first-order valence-electron chi connectivity index (χ1n) is 8.72. The summed E-state index contributed by atoms with van der Waals surface area (Å²) in [7, 11) is 0. The zero-order valence-corrected chi connectivity index (χ0v) is 14.6. The summed E-state index contributed by atoms with van der Waals surface area (Å²) in [6.45, 7) is 0.982. The lowest BCUT2D eigenvalue weighted by molar-refractivity contribution is 0.102. The Balaban J connectivity index is 1.41. The molecular formula is C22H18FNO3. The van der Waals surface area contributed by atoms with Crippen molar-refractivity contribution in [2.24, 2.45) is 0 Å². The van der Waals surface area contributed by atoms with Gasteiger partial charge in [0.2, 0.25) is 0 Å². The smallest absolute Gasteiger partial charge is 0.255 e. The van der Waals surface area contributed by atoms with E-state index >= 15 is 0 Å². The zero-order chi connectivity index (χ0) is 18.6. The molecule has 1 heterocycles. The van der Waals surface area contributed by atoms with E-state index in [4.69, 9.17) is 9.47 Å². The number of anilines is 1. The summed E-state index contributed by atoms with van der Waals surface area (Å²) in [5.41, 5.74) is 3.16. The van der Waals surface area contributed by atoms with E-state index in [1.54, 1.807) is 30.3 Å². The van der Waals surface area contributed by atoms with Crippen LogP contribution in [-0.2, 0) is 13.0 Å². The minimum Gasteiger partial charge on any atom is -0.493 e. The molecule has 1 aliphatic heterocycles. The maximum absolute atomic E-state index is 12.9. The minimum atomic E-state index is -0.276. The summed E-state index contributed by atoms with van der Waals surface area (Å²) in [6, 6.07) is 18.8. The van der Waals surface area contributed by atoms with Gasteiger partial charge in [0.1, 0.15) is 23.9 Å². The number of nitrogens with one attached hydrogen (secondary N) is 1. The number of amides is 1. The van der Waals surface area contributed by atoms with E-state index in [0.29, 0.717) is 30.2 Å². The fraction of sp³-hybridized carbons (Fsp3) is 0.136. The molecular weight excluding hydrogens is 345 g/mol. The molecule has 0 bridgehead atoms. The number of fused-ring (bicyclic) bond motifs is 1. The Morgan fingerprint density at radius 3 is 2.78 bits per heavy atom. The van der Waals surface area contributed by atoms with Crippen LogP contribution in [0.4, 0.5) is 10.1 Å². The number of halogens is 1. The first kappa shape index (κ1) is 17.1. The van der Waals surface area contributed by atoms with Crippen molar-refractivity contribution in [2.45, 2.75) is 13.0 Å². The quantitative estimate of drug-likeness (QED) is 0.721. The van der Waals surface area contributed by atoms with E-state index in [9.17, 15) is 9.18 Å². The molecule has 4 rings (SSSR count). The van der Waals surface area contributed by atoms with E-state index in [1.165, 1.54) is 12.1 Å². The average molecular weight is 363 g/mol. The van der Waals surface area contributed by atoms with Crippen molar-refractivity contribution in [3.8, 4) is 11.5 Å². The van der Waals surface area contributed by atoms with Crippen LogP contribution in [0.3, 0.4) is 0 Å². The second kappa shape index (κ2) is 7.50. The Labute approximate surface area is 156 Å². The molecule has 1 amide bonds. The Morgan fingerprint density at radius 2 is 1.93 bits per heavy atom. The molecule has 0 aromatic heterocycles. The molecule has 3 aromatic carbocycles.